The van der Waals surface area contributed by atoms with Crippen LogP contribution in [0.1, 0.15) is 36.6 Å². The Bertz CT molecular complexity index is 1410. The number of Topliss-reactive ketones (excluding diaryl/α,β-unsaturated/α-hetero) is 1. The van der Waals surface area contributed by atoms with Crippen LogP contribution in [0, 0.1) is 6.92 Å². The van der Waals surface area contributed by atoms with Gasteiger partial charge in [0.15, 0.2) is 11.9 Å². The summed E-state index contributed by atoms with van der Waals surface area (Å²) in [7, 11) is -3.95. The van der Waals surface area contributed by atoms with Crippen LogP contribution in [0.25, 0.3) is 5.70 Å². The van der Waals surface area contributed by atoms with Crippen LogP contribution in [0.2, 0.25) is 0 Å². The van der Waals surface area contributed by atoms with E-state index < -0.39 is 16.1 Å². The summed E-state index contributed by atoms with van der Waals surface area (Å²) < 4.78 is 36.7. The van der Waals surface area contributed by atoms with E-state index in [0.29, 0.717) is 28.2 Å². The van der Waals surface area contributed by atoms with Crippen LogP contribution >= 0.6 is 15.9 Å². The smallest absolute Gasteiger partial charge is 0.261 e. The number of ketones is 1. The Labute approximate surface area is 208 Å². The van der Waals surface area contributed by atoms with Gasteiger partial charge < -0.3 is 4.74 Å². The van der Waals surface area contributed by atoms with Crippen molar-refractivity contribution in [1.29, 1.82) is 0 Å². The zero-order valence-electron chi connectivity index (χ0n) is 19.0. The van der Waals surface area contributed by atoms with Gasteiger partial charge in [-0.1, -0.05) is 82.2 Å². The maximum Gasteiger partial charge on any atom is 0.261 e. The molecule has 1 N–H and O–H groups in total. The number of aryl methyl sites for hydroxylation is 1. The first-order valence-electron chi connectivity index (χ1n) is 10.7. The number of hydrogen-bond donors (Lipinski definition) is 1. The molecule has 3 aromatic rings. The summed E-state index contributed by atoms with van der Waals surface area (Å²) in [6, 6.07) is 23.3. The highest BCUT2D eigenvalue weighted by molar-refractivity contribution is 9.10. The van der Waals surface area contributed by atoms with Gasteiger partial charge in [-0.05, 0) is 44.5 Å². The number of halogens is 1. The second kappa shape index (κ2) is 9.60. The molecular weight excluding hydrogens is 514 g/mol. The summed E-state index contributed by atoms with van der Waals surface area (Å²) in [6.45, 7) is 5.08. The first kappa shape index (κ1) is 24.0. The van der Waals surface area contributed by atoms with Crippen LogP contribution < -0.4 is 4.72 Å². The van der Waals surface area contributed by atoms with Crippen molar-refractivity contribution in [3.8, 4) is 0 Å². The van der Waals surface area contributed by atoms with Crippen LogP contribution in [0.4, 0.5) is 0 Å². The predicted octanol–water partition coefficient (Wildman–Crippen LogP) is 6.08. The molecule has 1 unspecified atom stereocenters. The second-order valence-electron chi connectivity index (χ2n) is 8.08. The highest BCUT2D eigenvalue weighted by Gasteiger charge is 2.37. The minimum absolute atomic E-state index is 0.133. The lowest BCUT2D eigenvalue weighted by Gasteiger charge is -2.21. The highest BCUT2D eigenvalue weighted by atomic mass is 79.9. The molecule has 0 aliphatic carbocycles. The largest absolute Gasteiger partial charge is 0.485 e. The highest BCUT2D eigenvalue weighted by Crippen LogP contribution is 2.46. The van der Waals surface area contributed by atoms with Gasteiger partial charge in [0.1, 0.15) is 5.76 Å². The number of carbonyl (C=O) groups excluding carboxylic acids is 1. The standard InChI is InChI=1S/C27H24BrNO4S/c1-17-13-15-21(16-14-17)34(31,32)29-26(20-9-5-4-6-10-20)25-24(18(2)30)19(3)33-27(25)22-11-7-8-12-23(22)28/h4-16,27,29H,1-3H3/b26-25+. The number of benzene rings is 3. The van der Waals surface area contributed by atoms with Crippen molar-refractivity contribution in [2.24, 2.45) is 0 Å². The molecular formula is C27H24BrNO4S. The lowest BCUT2D eigenvalue weighted by atomic mass is 9.91. The minimum atomic E-state index is -3.95. The van der Waals surface area contributed by atoms with E-state index >= 15 is 0 Å². The molecule has 7 heteroatoms. The van der Waals surface area contributed by atoms with Crippen molar-refractivity contribution in [3.63, 3.8) is 0 Å². The molecule has 3 aromatic carbocycles. The van der Waals surface area contributed by atoms with Gasteiger partial charge in [0, 0.05) is 15.6 Å². The Kier molecular flexibility index (Phi) is 6.77. The number of nitrogens with one attached hydrogen (secondary N) is 1. The van der Waals surface area contributed by atoms with Crippen LogP contribution in [0.15, 0.2) is 105 Å². The zero-order chi connectivity index (χ0) is 24.5. The van der Waals surface area contributed by atoms with E-state index in [9.17, 15) is 13.2 Å². The van der Waals surface area contributed by atoms with Gasteiger partial charge in [0.25, 0.3) is 10.0 Å². The lowest BCUT2D eigenvalue weighted by Crippen LogP contribution is -2.25. The molecule has 0 aromatic heterocycles. The van der Waals surface area contributed by atoms with Crippen molar-refractivity contribution in [2.45, 2.75) is 31.8 Å². The molecule has 0 fully saturated rings. The van der Waals surface area contributed by atoms with Crippen molar-refractivity contribution < 1.29 is 17.9 Å². The van der Waals surface area contributed by atoms with E-state index in [1.165, 1.54) is 6.92 Å². The van der Waals surface area contributed by atoms with Gasteiger partial charge in [-0.15, -0.1) is 0 Å². The number of sulfonamides is 1. The molecule has 174 valence electrons. The topological polar surface area (TPSA) is 72.5 Å². The lowest BCUT2D eigenvalue weighted by molar-refractivity contribution is -0.113. The number of hydrogen-bond acceptors (Lipinski definition) is 4. The van der Waals surface area contributed by atoms with Crippen molar-refractivity contribution in [1.82, 2.24) is 4.72 Å². The molecule has 0 saturated carbocycles. The fourth-order valence-electron chi connectivity index (χ4n) is 4.00. The monoisotopic (exact) mass is 537 g/mol. The van der Waals surface area contributed by atoms with Crippen LogP contribution in [0.5, 0.6) is 0 Å². The Hall–Kier alpha value is -3.16. The number of carbonyl (C=O) groups is 1. The summed E-state index contributed by atoms with van der Waals surface area (Å²) in [4.78, 5) is 12.9. The summed E-state index contributed by atoms with van der Waals surface area (Å²) >= 11 is 3.58. The molecule has 34 heavy (non-hydrogen) atoms. The Morgan fingerprint density at radius 2 is 1.53 bits per heavy atom. The first-order chi connectivity index (χ1) is 16.2. The second-order valence-corrected chi connectivity index (χ2v) is 10.6. The SMILES string of the molecule is CC(=O)C1=C(C)OC(c2ccccc2Br)/C1=C(/NS(=O)(=O)c1ccc(C)cc1)c1ccccc1. The van der Waals surface area contributed by atoms with E-state index in [4.69, 9.17) is 4.74 Å². The van der Waals surface area contributed by atoms with Crippen molar-refractivity contribution >= 4 is 37.4 Å². The molecule has 1 atom stereocenters. The number of rotatable bonds is 6. The number of allylic oxidation sites excluding steroid dienone is 1. The minimum Gasteiger partial charge on any atom is -0.485 e. The molecule has 1 heterocycles. The maximum absolute atomic E-state index is 13.5. The molecule has 0 amide bonds. The summed E-state index contributed by atoms with van der Waals surface area (Å²) in [6.07, 6.45) is -0.676. The molecule has 1 aliphatic rings. The van der Waals surface area contributed by atoms with Crippen LogP contribution in [0.3, 0.4) is 0 Å². The Balaban J connectivity index is 1.98. The average Bonchev–Trinajstić information content (AvgIpc) is 3.15. The average molecular weight is 538 g/mol. The first-order valence-corrected chi connectivity index (χ1v) is 13.0. The van der Waals surface area contributed by atoms with E-state index in [-0.39, 0.29) is 10.7 Å². The van der Waals surface area contributed by atoms with Gasteiger partial charge in [-0.25, -0.2) is 8.42 Å². The van der Waals surface area contributed by atoms with E-state index in [1.807, 2.05) is 61.5 Å². The normalized spacial score (nSPS) is 17.4. The molecule has 5 nitrogen and oxygen atoms in total. The van der Waals surface area contributed by atoms with E-state index in [2.05, 4.69) is 20.7 Å². The summed E-state index contributed by atoms with van der Waals surface area (Å²) in [5.41, 5.74) is 3.53. The van der Waals surface area contributed by atoms with Gasteiger partial charge in [-0.2, -0.15) is 0 Å². The fourth-order valence-corrected chi connectivity index (χ4v) is 5.60. The van der Waals surface area contributed by atoms with Crippen molar-refractivity contribution in [3.05, 3.63) is 117 Å². The Morgan fingerprint density at radius 1 is 0.912 bits per heavy atom. The summed E-state index contributed by atoms with van der Waals surface area (Å²) in [5.74, 6) is 0.247. The Morgan fingerprint density at radius 3 is 2.15 bits per heavy atom. The van der Waals surface area contributed by atoms with Gasteiger partial charge >= 0.3 is 0 Å². The third kappa shape index (κ3) is 4.72. The molecule has 4 rings (SSSR count). The van der Waals surface area contributed by atoms with Gasteiger partial charge in [-0.3, -0.25) is 9.52 Å². The molecule has 0 saturated heterocycles. The van der Waals surface area contributed by atoms with Crippen LogP contribution in [-0.4, -0.2) is 14.2 Å². The summed E-state index contributed by atoms with van der Waals surface area (Å²) in [5, 5.41) is 0. The molecule has 1 aliphatic heterocycles. The van der Waals surface area contributed by atoms with E-state index in [0.717, 1.165) is 15.6 Å². The molecule has 0 radical (unpaired) electrons. The quantitative estimate of drug-likeness (QED) is 0.413. The van der Waals surface area contributed by atoms with Gasteiger partial charge in [0.05, 0.1) is 16.2 Å². The van der Waals surface area contributed by atoms with Crippen LogP contribution in [-0.2, 0) is 19.6 Å². The molecule has 0 spiro atoms. The molecule has 0 bridgehead atoms. The predicted molar refractivity (Wildman–Crippen MR) is 136 cm³/mol. The third-order valence-electron chi connectivity index (χ3n) is 5.62. The maximum atomic E-state index is 13.5. The van der Waals surface area contributed by atoms with Gasteiger partial charge in [0.2, 0.25) is 0 Å². The fraction of sp³-hybridized carbons (Fsp3) is 0.148. The van der Waals surface area contributed by atoms with Crippen molar-refractivity contribution in [2.75, 3.05) is 0 Å². The zero-order valence-corrected chi connectivity index (χ0v) is 21.4. The van der Waals surface area contributed by atoms with E-state index in [1.54, 1.807) is 31.2 Å². The number of ether oxygens (including phenoxy) is 1. The third-order valence-corrected chi connectivity index (χ3v) is 7.71.